The highest BCUT2D eigenvalue weighted by Gasteiger charge is 2.20. The first-order valence-corrected chi connectivity index (χ1v) is 14.8. The molecule has 0 radical (unpaired) electrons. The molecule has 1 heterocycles. The molecule has 0 bridgehead atoms. The standard InChI is InChI=1S/C29H32ClN3O6S/c1-3-4-5-20(2)19-39-29(36)26-15-10-23(18-32-26)28(35)33-40(37,38)25-13-6-21(7-14-25)16-17-31-27(34)22-8-11-24(30)12-9-22/h6-15,18,20H,3-5,16-17,19H2,1-2H3,(H,31,34)(H,33,35). The molecule has 0 aliphatic carbocycles. The van der Waals surface area contributed by atoms with Gasteiger partial charge in [0.25, 0.3) is 21.8 Å². The molecule has 1 atom stereocenters. The molecule has 0 aliphatic rings. The van der Waals surface area contributed by atoms with Crippen molar-refractivity contribution >= 4 is 39.4 Å². The number of halogens is 1. The van der Waals surface area contributed by atoms with E-state index in [1.165, 1.54) is 24.3 Å². The van der Waals surface area contributed by atoms with E-state index < -0.39 is 21.9 Å². The minimum absolute atomic E-state index is 0.0236. The third-order valence-corrected chi connectivity index (χ3v) is 7.65. The van der Waals surface area contributed by atoms with E-state index in [0.29, 0.717) is 23.6 Å². The molecule has 2 aromatic carbocycles. The van der Waals surface area contributed by atoms with Gasteiger partial charge in [-0.1, -0.05) is 50.4 Å². The topological polar surface area (TPSA) is 132 Å². The molecule has 1 aromatic heterocycles. The number of hydrogen-bond acceptors (Lipinski definition) is 7. The minimum atomic E-state index is -4.15. The lowest BCUT2D eigenvalue weighted by atomic mass is 10.1. The van der Waals surface area contributed by atoms with Crippen LogP contribution in [-0.2, 0) is 21.2 Å². The van der Waals surface area contributed by atoms with Crippen LogP contribution in [0.15, 0.2) is 71.8 Å². The average molecular weight is 586 g/mol. The molecule has 2 amide bonds. The highest BCUT2D eigenvalue weighted by molar-refractivity contribution is 7.90. The molecule has 0 saturated carbocycles. The summed E-state index contributed by atoms with van der Waals surface area (Å²) < 4.78 is 32.7. The van der Waals surface area contributed by atoms with Crippen LogP contribution in [0.1, 0.15) is 69.9 Å². The van der Waals surface area contributed by atoms with Gasteiger partial charge in [-0.3, -0.25) is 9.59 Å². The van der Waals surface area contributed by atoms with E-state index in [-0.39, 0.29) is 34.6 Å². The Bertz CT molecular complexity index is 1410. The predicted molar refractivity (Wildman–Crippen MR) is 152 cm³/mol. The second-order valence-electron chi connectivity index (χ2n) is 9.37. The third-order valence-electron chi connectivity index (χ3n) is 6.05. The molecule has 0 saturated heterocycles. The molecule has 212 valence electrons. The zero-order valence-electron chi connectivity index (χ0n) is 22.4. The van der Waals surface area contributed by atoms with E-state index in [0.717, 1.165) is 31.0 Å². The molecule has 0 spiro atoms. The van der Waals surface area contributed by atoms with Crippen molar-refractivity contribution in [3.05, 3.63) is 94.3 Å². The quantitative estimate of drug-likeness (QED) is 0.275. The second-order valence-corrected chi connectivity index (χ2v) is 11.5. The van der Waals surface area contributed by atoms with Gasteiger partial charge < -0.3 is 10.1 Å². The Morgan fingerprint density at radius 1 is 0.950 bits per heavy atom. The van der Waals surface area contributed by atoms with Crippen LogP contribution in [0.3, 0.4) is 0 Å². The van der Waals surface area contributed by atoms with Crippen LogP contribution in [0.2, 0.25) is 5.02 Å². The molecule has 0 fully saturated rings. The first-order chi connectivity index (χ1) is 19.1. The highest BCUT2D eigenvalue weighted by Crippen LogP contribution is 2.14. The van der Waals surface area contributed by atoms with Crippen molar-refractivity contribution in [1.82, 2.24) is 15.0 Å². The zero-order chi connectivity index (χ0) is 29.1. The number of hydrogen-bond donors (Lipinski definition) is 2. The van der Waals surface area contributed by atoms with Crippen molar-refractivity contribution in [2.75, 3.05) is 13.2 Å². The Balaban J connectivity index is 1.50. The van der Waals surface area contributed by atoms with Crippen LogP contribution in [0.5, 0.6) is 0 Å². The van der Waals surface area contributed by atoms with Crippen LogP contribution < -0.4 is 10.0 Å². The summed E-state index contributed by atoms with van der Waals surface area (Å²) in [5.41, 5.74) is 1.29. The minimum Gasteiger partial charge on any atom is -0.461 e. The normalized spacial score (nSPS) is 11.9. The van der Waals surface area contributed by atoms with Crippen LogP contribution >= 0.6 is 11.6 Å². The van der Waals surface area contributed by atoms with Gasteiger partial charge in [0.1, 0.15) is 5.69 Å². The highest BCUT2D eigenvalue weighted by atomic mass is 35.5. The predicted octanol–water partition coefficient (Wildman–Crippen LogP) is 4.81. The van der Waals surface area contributed by atoms with Gasteiger partial charge in [-0.15, -0.1) is 0 Å². The number of sulfonamides is 1. The lowest BCUT2D eigenvalue weighted by Crippen LogP contribution is -2.30. The van der Waals surface area contributed by atoms with Gasteiger partial charge in [-0.2, -0.15) is 0 Å². The number of aromatic nitrogens is 1. The van der Waals surface area contributed by atoms with Gasteiger partial charge >= 0.3 is 5.97 Å². The van der Waals surface area contributed by atoms with E-state index in [2.05, 4.69) is 17.2 Å². The second kappa shape index (κ2) is 14.6. The summed E-state index contributed by atoms with van der Waals surface area (Å²) in [4.78, 5) is 40.8. The number of pyridine rings is 1. The van der Waals surface area contributed by atoms with Gasteiger partial charge in [0.05, 0.1) is 17.1 Å². The third kappa shape index (κ3) is 9.17. The Labute approximate surface area is 239 Å². The largest absolute Gasteiger partial charge is 0.461 e. The van der Waals surface area contributed by atoms with E-state index in [1.807, 2.05) is 11.6 Å². The van der Waals surface area contributed by atoms with Crippen molar-refractivity contribution in [3.63, 3.8) is 0 Å². The number of carbonyl (C=O) groups excluding carboxylic acids is 3. The molecule has 9 nitrogen and oxygen atoms in total. The lowest BCUT2D eigenvalue weighted by molar-refractivity contribution is 0.0435. The Morgan fingerprint density at radius 2 is 1.62 bits per heavy atom. The van der Waals surface area contributed by atoms with E-state index in [1.54, 1.807) is 36.4 Å². The first-order valence-electron chi connectivity index (χ1n) is 12.9. The molecule has 2 N–H and O–H groups in total. The van der Waals surface area contributed by atoms with Crippen LogP contribution in [0, 0.1) is 5.92 Å². The molecule has 1 unspecified atom stereocenters. The number of nitrogens with zero attached hydrogens (tertiary/aromatic N) is 1. The van der Waals surface area contributed by atoms with E-state index in [4.69, 9.17) is 16.3 Å². The fourth-order valence-electron chi connectivity index (χ4n) is 3.68. The van der Waals surface area contributed by atoms with Crippen LogP contribution in [0.4, 0.5) is 0 Å². The molecule has 11 heteroatoms. The fourth-order valence-corrected chi connectivity index (χ4v) is 4.78. The van der Waals surface area contributed by atoms with Crippen molar-refractivity contribution in [2.24, 2.45) is 5.92 Å². The average Bonchev–Trinajstić information content (AvgIpc) is 2.95. The van der Waals surface area contributed by atoms with Gasteiger partial charge in [0.15, 0.2) is 0 Å². The Morgan fingerprint density at radius 3 is 2.25 bits per heavy atom. The number of ether oxygens (including phenoxy) is 1. The molecule has 3 rings (SSSR count). The lowest BCUT2D eigenvalue weighted by Gasteiger charge is -2.11. The van der Waals surface area contributed by atoms with E-state index in [9.17, 15) is 22.8 Å². The van der Waals surface area contributed by atoms with Crippen LogP contribution in [-0.4, -0.2) is 44.3 Å². The number of carbonyl (C=O) groups is 3. The summed E-state index contributed by atoms with van der Waals surface area (Å²) in [6, 6.07) is 15.1. The molecule has 3 aromatic rings. The molecule has 0 aliphatic heterocycles. The van der Waals surface area contributed by atoms with E-state index >= 15 is 0 Å². The van der Waals surface area contributed by atoms with Crippen molar-refractivity contribution in [1.29, 1.82) is 0 Å². The monoisotopic (exact) mass is 585 g/mol. The summed E-state index contributed by atoms with van der Waals surface area (Å²) >= 11 is 5.83. The van der Waals surface area contributed by atoms with Crippen molar-refractivity contribution in [3.8, 4) is 0 Å². The summed E-state index contributed by atoms with van der Waals surface area (Å²) in [6.45, 7) is 4.72. The van der Waals surface area contributed by atoms with Gasteiger partial charge in [0.2, 0.25) is 0 Å². The van der Waals surface area contributed by atoms with Gasteiger partial charge in [0, 0.05) is 23.3 Å². The number of unbranched alkanes of at least 4 members (excludes halogenated alkanes) is 1. The number of esters is 1. The first kappa shape index (κ1) is 30.8. The fraction of sp³-hybridized carbons (Fsp3) is 0.310. The molecular weight excluding hydrogens is 554 g/mol. The number of amides is 2. The van der Waals surface area contributed by atoms with Crippen molar-refractivity contribution in [2.45, 2.75) is 44.4 Å². The number of benzene rings is 2. The number of rotatable bonds is 13. The maximum Gasteiger partial charge on any atom is 0.356 e. The van der Waals surface area contributed by atoms with Gasteiger partial charge in [-0.25, -0.2) is 22.9 Å². The Kier molecular flexibility index (Phi) is 11.2. The zero-order valence-corrected chi connectivity index (χ0v) is 23.9. The SMILES string of the molecule is CCCCC(C)COC(=O)c1ccc(C(=O)NS(=O)(=O)c2ccc(CCNC(=O)c3ccc(Cl)cc3)cc2)cn1. The summed E-state index contributed by atoms with van der Waals surface area (Å²) in [7, 11) is -4.15. The summed E-state index contributed by atoms with van der Waals surface area (Å²) in [5, 5.41) is 3.33. The maximum absolute atomic E-state index is 12.7. The number of nitrogens with one attached hydrogen (secondary N) is 2. The Hall–Kier alpha value is -3.76. The van der Waals surface area contributed by atoms with Gasteiger partial charge in [-0.05, 0) is 72.9 Å². The maximum atomic E-state index is 12.7. The summed E-state index contributed by atoms with van der Waals surface area (Å²) in [5.74, 6) is -1.49. The summed E-state index contributed by atoms with van der Waals surface area (Å²) in [6.07, 6.45) is 4.68. The molecular formula is C29H32ClN3O6S. The van der Waals surface area contributed by atoms with Crippen molar-refractivity contribution < 1.29 is 27.5 Å². The smallest absolute Gasteiger partial charge is 0.356 e. The molecule has 40 heavy (non-hydrogen) atoms. The van der Waals surface area contributed by atoms with Crippen LogP contribution in [0.25, 0.3) is 0 Å².